The Bertz CT molecular complexity index is 1350. The molecule has 0 amide bonds. The molecule has 160 valence electrons. The molecule has 3 aromatic rings. The van der Waals surface area contributed by atoms with Crippen molar-refractivity contribution in [2.24, 2.45) is 0 Å². The summed E-state index contributed by atoms with van der Waals surface area (Å²) >= 11 is 5.60. The number of carbonyl (C=O) groups excluding carboxylic acids is 1. The summed E-state index contributed by atoms with van der Waals surface area (Å²) in [6, 6.07) is 11.0. The maximum atomic E-state index is 12.7. The van der Waals surface area contributed by atoms with Crippen molar-refractivity contribution >= 4 is 107 Å². The molecule has 0 bridgehead atoms. The number of carbonyl (C=O) groups is 1. The first-order valence-corrected chi connectivity index (χ1v) is 13.5. The normalized spacial score (nSPS) is 12.4. The van der Waals surface area contributed by atoms with Gasteiger partial charge < -0.3 is 14.0 Å². The summed E-state index contributed by atoms with van der Waals surface area (Å²) in [7, 11) is -4.65. The molecule has 1 aliphatic rings. The molecule has 0 saturated heterocycles. The summed E-state index contributed by atoms with van der Waals surface area (Å²) in [5.74, 6) is -0.183. The molecule has 0 aromatic heterocycles. The number of hydrogen-bond donors (Lipinski definition) is 0. The number of hydrogen-bond acceptors (Lipinski definition) is 6. The lowest BCUT2D eigenvalue weighted by molar-refractivity contribution is 0.0451. The molecule has 0 atom stereocenters. The average molecular weight is 773 g/mol. The summed E-state index contributed by atoms with van der Waals surface area (Å²) in [6.45, 7) is -0.0167. The van der Waals surface area contributed by atoms with Crippen LogP contribution in [0.1, 0.15) is 21.5 Å². The number of rotatable bonds is 6. The Morgan fingerprint density at radius 3 is 2.39 bits per heavy atom. The van der Waals surface area contributed by atoms with Gasteiger partial charge in [0.2, 0.25) is 0 Å². The van der Waals surface area contributed by atoms with Crippen LogP contribution in [-0.4, -0.2) is 32.2 Å². The fourth-order valence-corrected chi connectivity index (χ4v) is 9.28. The molecule has 0 radical (unpaired) electrons. The molecule has 0 N–H and O–H groups in total. The molecule has 0 unspecified atom stereocenters. The van der Waals surface area contributed by atoms with E-state index in [1.165, 1.54) is 0 Å². The molecule has 0 saturated carbocycles. The van der Waals surface area contributed by atoms with Crippen molar-refractivity contribution in [1.82, 2.24) is 0 Å². The molecule has 6 nitrogen and oxygen atoms in total. The molecule has 3 aromatic carbocycles. The molecule has 31 heavy (non-hydrogen) atoms. The van der Waals surface area contributed by atoms with E-state index < -0.39 is 16.1 Å². The highest BCUT2D eigenvalue weighted by atomic mass is 127. The maximum Gasteiger partial charge on any atom is 0.338 e. The summed E-state index contributed by atoms with van der Waals surface area (Å²) < 4.78 is 47.0. The van der Waals surface area contributed by atoms with Crippen molar-refractivity contribution in [1.29, 1.82) is 0 Å². The first-order chi connectivity index (χ1) is 14.7. The quantitative estimate of drug-likeness (QED) is 0.115. The second-order valence-electron chi connectivity index (χ2n) is 6.56. The molecule has 0 aliphatic heterocycles. The van der Waals surface area contributed by atoms with E-state index in [0.717, 1.165) is 21.9 Å². The van der Waals surface area contributed by atoms with Crippen LogP contribution in [0.25, 0.3) is 22.9 Å². The Morgan fingerprint density at radius 2 is 1.68 bits per heavy atom. The fraction of sp³-hybridized carbons (Fsp3) is 0.0952. The van der Waals surface area contributed by atoms with E-state index in [-0.39, 0.29) is 27.4 Å². The molecular weight excluding hydrogens is 761 g/mol. The van der Waals surface area contributed by atoms with Crippen molar-refractivity contribution in [2.45, 2.75) is 4.90 Å². The van der Waals surface area contributed by atoms with Crippen LogP contribution in [0.2, 0.25) is 0 Å². The standard InChI is InChI=1S/C21H13I3O6S/c22-15-10-16(23)20(31(26,27)28)18(24)19(15)29-8-9-30-21(25)14-7-6-12-5-4-11-2-1-3-13(14)17(11)12/h1-7,10H,8-9H2,(H,26,27,28)/p-1. The first kappa shape index (κ1) is 23.2. The zero-order valence-corrected chi connectivity index (χ0v) is 22.8. The van der Waals surface area contributed by atoms with E-state index in [1.807, 2.05) is 81.6 Å². The van der Waals surface area contributed by atoms with Crippen LogP contribution in [0.4, 0.5) is 0 Å². The minimum Gasteiger partial charge on any atom is -0.744 e. The van der Waals surface area contributed by atoms with Gasteiger partial charge in [0.25, 0.3) is 0 Å². The Hall–Kier alpha value is -0.970. The number of halogens is 3. The van der Waals surface area contributed by atoms with Crippen LogP contribution in [-0.2, 0) is 14.9 Å². The van der Waals surface area contributed by atoms with E-state index in [1.54, 1.807) is 34.7 Å². The van der Waals surface area contributed by atoms with E-state index >= 15 is 0 Å². The predicted molar refractivity (Wildman–Crippen MR) is 141 cm³/mol. The third-order valence-electron chi connectivity index (χ3n) is 4.67. The van der Waals surface area contributed by atoms with Crippen LogP contribution in [0, 0.1) is 10.7 Å². The predicted octanol–water partition coefficient (Wildman–Crippen LogP) is 5.28. The minimum atomic E-state index is -4.65. The molecule has 1 aliphatic carbocycles. The van der Waals surface area contributed by atoms with Crippen molar-refractivity contribution in [3.63, 3.8) is 0 Å². The van der Waals surface area contributed by atoms with Gasteiger partial charge >= 0.3 is 5.97 Å². The fourth-order valence-electron chi connectivity index (χ4n) is 3.37. The van der Waals surface area contributed by atoms with Crippen molar-refractivity contribution in [3.8, 4) is 5.75 Å². The smallest absolute Gasteiger partial charge is 0.338 e. The van der Waals surface area contributed by atoms with Crippen molar-refractivity contribution in [2.75, 3.05) is 13.2 Å². The molecule has 0 fully saturated rings. The van der Waals surface area contributed by atoms with Crippen LogP contribution in [0.5, 0.6) is 5.75 Å². The van der Waals surface area contributed by atoms with E-state index in [9.17, 15) is 17.8 Å². The van der Waals surface area contributed by atoms with E-state index in [4.69, 9.17) is 9.47 Å². The highest BCUT2D eigenvalue weighted by Gasteiger charge is 2.20. The number of benzene rings is 3. The van der Waals surface area contributed by atoms with Crippen LogP contribution < -0.4 is 4.74 Å². The zero-order chi connectivity index (χ0) is 22.3. The van der Waals surface area contributed by atoms with Gasteiger partial charge in [0, 0.05) is 3.57 Å². The second kappa shape index (κ2) is 9.11. The van der Waals surface area contributed by atoms with Crippen LogP contribution >= 0.6 is 67.8 Å². The minimum absolute atomic E-state index is 0.0134. The third kappa shape index (κ3) is 4.58. The SMILES string of the molecule is O=C(OCCOc1c(I)cc(I)c(S(=O)(=O)[O-])c1I)c1ccc2c3c(cccc13)C=C2. The van der Waals surface area contributed by atoms with E-state index in [0.29, 0.717) is 12.7 Å². The number of esters is 1. The van der Waals surface area contributed by atoms with Gasteiger partial charge in [0.05, 0.1) is 17.6 Å². The first-order valence-electron chi connectivity index (χ1n) is 8.85. The third-order valence-corrected chi connectivity index (χ3v) is 9.00. The van der Waals surface area contributed by atoms with Gasteiger partial charge in [0.15, 0.2) is 0 Å². The Kier molecular flexibility index (Phi) is 6.82. The van der Waals surface area contributed by atoms with E-state index in [2.05, 4.69) is 0 Å². The molecule has 4 rings (SSSR count). The van der Waals surface area contributed by atoms with Gasteiger partial charge in [-0.2, -0.15) is 0 Å². The number of ether oxygens (including phenoxy) is 2. The van der Waals surface area contributed by atoms with Crippen LogP contribution in [0.3, 0.4) is 0 Å². The van der Waals surface area contributed by atoms with Crippen LogP contribution in [0.15, 0.2) is 41.3 Å². The lowest BCUT2D eigenvalue weighted by Crippen LogP contribution is -2.14. The molecule has 0 spiro atoms. The van der Waals surface area contributed by atoms with Crippen molar-refractivity contribution in [3.05, 3.63) is 63.8 Å². The van der Waals surface area contributed by atoms with Gasteiger partial charge in [-0.15, -0.1) is 0 Å². The van der Waals surface area contributed by atoms with Gasteiger partial charge in [-0.25, -0.2) is 13.2 Å². The molecule has 10 heteroatoms. The zero-order valence-electron chi connectivity index (χ0n) is 15.5. The topological polar surface area (TPSA) is 92.7 Å². The summed E-state index contributed by atoms with van der Waals surface area (Å²) in [5.41, 5.74) is 2.61. The lowest BCUT2D eigenvalue weighted by Gasteiger charge is -2.17. The largest absolute Gasteiger partial charge is 0.744 e. The Labute approximate surface area is 219 Å². The average Bonchev–Trinajstić information content (AvgIpc) is 3.11. The molecular formula is C21H12I3O6S-. The second-order valence-corrected chi connectivity index (χ2v) is 11.3. The Morgan fingerprint density at radius 1 is 0.968 bits per heavy atom. The lowest BCUT2D eigenvalue weighted by atomic mass is 9.99. The highest BCUT2D eigenvalue weighted by molar-refractivity contribution is 14.1. The summed E-state index contributed by atoms with van der Waals surface area (Å²) in [4.78, 5) is 12.4. The van der Waals surface area contributed by atoms with Gasteiger partial charge in [-0.1, -0.05) is 36.4 Å². The maximum absolute atomic E-state index is 12.7. The summed E-state index contributed by atoms with van der Waals surface area (Å²) in [5, 5.41) is 1.86. The van der Waals surface area contributed by atoms with Crippen molar-refractivity contribution < 1.29 is 27.2 Å². The Balaban J connectivity index is 1.47. The molecule has 0 heterocycles. The monoisotopic (exact) mass is 773 g/mol. The van der Waals surface area contributed by atoms with Gasteiger partial charge in [-0.3, -0.25) is 0 Å². The van der Waals surface area contributed by atoms with Gasteiger partial charge in [0.1, 0.15) is 29.1 Å². The summed E-state index contributed by atoms with van der Waals surface area (Å²) in [6.07, 6.45) is 4.03. The highest BCUT2D eigenvalue weighted by Crippen LogP contribution is 2.36. The van der Waals surface area contributed by atoms with Gasteiger partial charge in [-0.05, 0) is 102 Å².